The smallest absolute Gasteiger partial charge is 0.343 e. The van der Waals surface area contributed by atoms with Gasteiger partial charge < -0.3 is 9.80 Å². The van der Waals surface area contributed by atoms with Crippen LogP contribution in [0.2, 0.25) is 0 Å². The van der Waals surface area contributed by atoms with Crippen LogP contribution in [0.1, 0.15) is 44.2 Å². The number of hydrogen-bond acceptors (Lipinski definition) is 2. The van der Waals surface area contributed by atoms with Crippen LogP contribution in [0.3, 0.4) is 0 Å². The maximum Gasteiger partial charge on any atom is 0.416 e. The molecule has 1 aromatic rings. The highest BCUT2D eigenvalue weighted by Crippen LogP contribution is 2.29. The highest BCUT2D eigenvalue weighted by molar-refractivity contribution is 5.78. The molecule has 4 nitrogen and oxygen atoms in total. The molecule has 0 unspecified atom stereocenters. The molecular formula is C18H25F3N2O2. The minimum absolute atomic E-state index is 0.0307. The summed E-state index contributed by atoms with van der Waals surface area (Å²) >= 11 is 0. The van der Waals surface area contributed by atoms with Crippen LogP contribution >= 0.6 is 0 Å². The molecule has 140 valence electrons. The van der Waals surface area contributed by atoms with Gasteiger partial charge in [-0.2, -0.15) is 13.2 Å². The Kier molecular flexibility index (Phi) is 7.93. The third-order valence-electron chi connectivity index (χ3n) is 4.02. The third-order valence-corrected chi connectivity index (χ3v) is 4.02. The van der Waals surface area contributed by atoms with Crippen molar-refractivity contribution in [1.29, 1.82) is 0 Å². The van der Waals surface area contributed by atoms with E-state index in [4.69, 9.17) is 0 Å². The first-order chi connectivity index (χ1) is 11.7. The second-order valence-electron chi connectivity index (χ2n) is 5.86. The fourth-order valence-electron chi connectivity index (χ4n) is 2.48. The van der Waals surface area contributed by atoms with Gasteiger partial charge in [0.25, 0.3) is 0 Å². The van der Waals surface area contributed by atoms with Crippen molar-refractivity contribution in [3.8, 4) is 0 Å². The summed E-state index contributed by atoms with van der Waals surface area (Å²) in [6.45, 7) is 5.35. The molecule has 0 aliphatic carbocycles. The molecule has 0 saturated heterocycles. The minimum Gasteiger partial charge on any atom is -0.343 e. The molecule has 0 spiro atoms. The molecule has 1 aromatic carbocycles. The van der Waals surface area contributed by atoms with Gasteiger partial charge in [-0.05, 0) is 38.0 Å². The van der Waals surface area contributed by atoms with Gasteiger partial charge >= 0.3 is 6.18 Å². The van der Waals surface area contributed by atoms with Gasteiger partial charge in [-0.1, -0.05) is 12.1 Å². The summed E-state index contributed by atoms with van der Waals surface area (Å²) in [5.41, 5.74) is -0.0804. The summed E-state index contributed by atoms with van der Waals surface area (Å²) in [6.07, 6.45) is -3.34. The van der Waals surface area contributed by atoms with Gasteiger partial charge in [0.15, 0.2) is 0 Å². The van der Waals surface area contributed by atoms with E-state index in [1.807, 2.05) is 13.8 Å². The largest absolute Gasteiger partial charge is 0.416 e. The number of amides is 2. The molecule has 0 heterocycles. The fourth-order valence-corrected chi connectivity index (χ4v) is 2.48. The number of benzene rings is 1. The zero-order valence-corrected chi connectivity index (χ0v) is 14.9. The SMILES string of the molecule is CCN(CC)C(=O)CCCC(=O)N(C)Cc1ccc(C(F)(F)F)cc1. The average molecular weight is 358 g/mol. The number of carbonyl (C=O) groups excluding carboxylic acids is 2. The Morgan fingerprint density at radius 2 is 1.48 bits per heavy atom. The minimum atomic E-state index is -4.36. The van der Waals surface area contributed by atoms with Crippen molar-refractivity contribution in [2.45, 2.75) is 45.8 Å². The van der Waals surface area contributed by atoms with Gasteiger partial charge in [0.05, 0.1) is 5.56 Å². The lowest BCUT2D eigenvalue weighted by atomic mass is 10.1. The van der Waals surface area contributed by atoms with E-state index in [9.17, 15) is 22.8 Å². The maximum atomic E-state index is 12.5. The van der Waals surface area contributed by atoms with Gasteiger partial charge in [-0.3, -0.25) is 9.59 Å². The molecule has 0 fully saturated rings. The van der Waals surface area contributed by atoms with Gasteiger partial charge in [0.1, 0.15) is 0 Å². The van der Waals surface area contributed by atoms with Crippen molar-refractivity contribution in [2.24, 2.45) is 0 Å². The quantitative estimate of drug-likeness (QED) is 0.711. The Morgan fingerprint density at radius 1 is 0.960 bits per heavy atom. The summed E-state index contributed by atoms with van der Waals surface area (Å²) in [4.78, 5) is 27.1. The lowest BCUT2D eigenvalue weighted by Crippen LogP contribution is -2.31. The normalized spacial score (nSPS) is 11.3. The molecule has 7 heteroatoms. The maximum absolute atomic E-state index is 12.5. The lowest BCUT2D eigenvalue weighted by Gasteiger charge is -2.20. The Morgan fingerprint density at radius 3 is 1.96 bits per heavy atom. The van der Waals surface area contributed by atoms with Crippen LogP contribution in [-0.4, -0.2) is 41.8 Å². The lowest BCUT2D eigenvalue weighted by molar-refractivity contribution is -0.137. The number of alkyl halides is 3. The Labute approximate surface area is 146 Å². The monoisotopic (exact) mass is 358 g/mol. The summed E-state index contributed by atoms with van der Waals surface area (Å²) < 4.78 is 37.6. The van der Waals surface area contributed by atoms with Crippen LogP contribution in [0.4, 0.5) is 13.2 Å². The summed E-state index contributed by atoms with van der Waals surface area (Å²) in [5.74, 6) is -0.101. The topological polar surface area (TPSA) is 40.6 Å². The van der Waals surface area contributed by atoms with E-state index < -0.39 is 11.7 Å². The summed E-state index contributed by atoms with van der Waals surface area (Å²) in [7, 11) is 1.60. The highest BCUT2D eigenvalue weighted by atomic mass is 19.4. The predicted octanol–water partition coefficient (Wildman–Crippen LogP) is 3.70. The molecule has 0 saturated carbocycles. The molecular weight excluding hydrogens is 333 g/mol. The molecule has 25 heavy (non-hydrogen) atoms. The van der Waals surface area contributed by atoms with E-state index >= 15 is 0 Å². The molecule has 1 rings (SSSR count). The van der Waals surface area contributed by atoms with Crippen molar-refractivity contribution >= 4 is 11.8 Å². The molecule has 0 bridgehead atoms. The third kappa shape index (κ3) is 6.76. The van der Waals surface area contributed by atoms with Crippen molar-refractivity contribution in [3.05, 3.63) is 35.4 Å². The van der Waals surface area contributed by atoms with E-state index in [-0.39, 0.29) is 24.8 Å². The van der Waals surface area contributed by atoms with E-state index in [1.165, 1.54) is 17.0 Å². The van der Waals surface area contributed by atoms with E-state index in [2.05, 4.69) is 0 Å². The zero-order chi connectivity index (χ0) is 19.0. The van der Waals surface area contributed by atoms with E-state index in [0.717, 1.165) is 12.1 Å². The Hall–Kier alpha value is -2.05. The van der Waals surface area contributed by atoms with Crippen LogP contribution in [0.5, 0.6) is 0 Å². The number of hydrogen-bond donors (Lipinski definition) is 0. The first kappa shape index (κ1) is 21.0. The van der Waals surface area contributed by atoms with Crippen molar-refractivity contribution in [3.63, 3.8) is 0 Å². The van der Waals surface area contributed by atoms with Crippen LogP contribution in [-0.2, 0) is 22.3 Å². The van der Waals surface area contributed by atoms with Gasteiger partial charge in [0, 0.05) is 39.5 Å². The number of rotatable bonds is 8. The Balaban J connectivity index is 2.45. The molecule has 0 radical (unpaired) electrons. The molecule has 0 atom stereocenters. The van der Waals surface area contributed by atoms with Gasteiger partial charge in [-0.15, -0.1) is 0 Å². The average Bonchev–Trinajstić information content (AvgIpc) is 2.55. The second-order valence-corrected chi connectivity index (χ2v) is 5.86. The van der Waals surface area contributed by atoms with E-state index in [1.54, 1.807) is 11.9 Å². The van der Waals surface area contributed by atoms with Crippen molar-refractivity contribution < 1.29 is 22.8 Å². The molecule has 0 aliphatic rings. The molecule has 0 aliphatic heterocycles. The van der Waals surface area contributed by atoms with Crippen LogP contribution in [0.25, 0.3) is 0 Å². The number of carbonyl (C=O) groups is 2. The van der Waals surface area contributed by atoms with E-state index in [0.29, 0.717) is 31.5 Å². The summed E-state index contributed by atoms with van der Waals surface area (Å²) in [6, 6.07) is 4.76. The molecule has 0 aromatic heterocycles. The van der Waals surface area contributed by atoms with Gasteiger partial charge in [0.2, 0.25) is 11.8 Å². The second kappa shape index (κ2) is 9.44. The van der Waals surface area contributed by atoms with Crippen LogP contribution in [0, 0.1) is 0 Å². The zero-order valence-electron chi connectivity index (χ0n) is 14.9. The van der Waals surface area contributed by atoms with Crippen LogP contribution in [0.15, 0.2) is 24.3 Å². The number of halogens is 3. The first-order valence-electron chi connectivity index (χ1n) is 8.36. The highest BCUT2D eigenvalue weighted by Gasteiger charge is 2.29. The summed E-state index contributed by atoms with van der Waals surface area (Å²) in [5, 5.41) is 0. The first-order valence-corrected chi connectivity index (χ1v) is 8.36. The predicted molar refractivity (Wildman–Crippen MR) is 89.7 cm³/mol. The Bertz CT molecular complexity index is 567. The molecule has 0 N–H and O–H groups in total. The molecule has 2 amide bonds. The van der Waals surface area contributed by atoms with Crippen molar-refractivity contribution in [2.75, 3.05) is 20.1 Å². The number of nitrogens with zero attached hydrogens (tertiary/aromatic N) is 2. The van der Waals surface area contributed by atoms with Crippen LogP contribution < -0.4 is 0 Å². The van der Waals surface area contributed by atoms with Crippen molar-refractivity contribution in [1.82, 2.24) is 9.80 Å². The fraction of sp³-hybridized carbons (Fsp3) is 0.556. The van der Waals surface area contributed by atoms with Gasteiger partial charge in [-0.25, -0.2) is 0 Å². The standard InChI is InChI=1S/C18H25F3N2O2/c1-4-23(5-2)17(25)8-6-7-16(24)22(3)13-14-9-11-15(12-10-14)18(19,20)21/h9-12H,4-8,13H2,1-3H3.